The molecule has 3 aromatic carbocycles. The van der Waals surface area contributed by atoms with Crippen LogP contribution in [0.1, 0.15) is 66.9 Å². The van der Waals surface area contributed by atoms with E-state index in [1.165, 1.54) is 11.1 Å². The summed E-state index contributed by atoms with van der Waals surface area (Å²) in [5.74, 6) is 0.111. The van der Waals surface area contributed by atoms with E-state index in [4.69, 9.17) is 23.2 Å². The highest BCUT2D eigenvalue weighted by molar-refractivity contribution is 6.42. The van der Waals surface area contributed by atoms with Crippen molar-refractivity contribution in [2.45, 2.75) is 56.3 Å². The normalized spacial score (nSPS) is 20.7. The molecule has 3 aromatic rings. The molecule has 0 saturated carbocycles. The molecule has 2 aliphatic heterocycles. The number of nitrogens with one attached hydrogen (secondary N) is 1. The monoisotopic (exact) mass is 605 g/mol. The Balaban J connectivity index is 1.28. The van der Waals surface area contributed by atoms with Gasteiger partial charge in [-0.15, -0.1) is 0 Å². The highest BCUT2D eigenvalue weighted by atomic mass is 35.5. The van der Waals surface area contributed by atoms with Crippen molar-refractivity contribution in [3.63, 3.8) is 0 Å². The Bertz CT molecular complexity index is 1360. The lowest BCUT2D eigenvalue weighted by Gasteiger charge is -2.45. The number of benzene rings is 3. The molecule has 1 atom stereocenters. The Hall–Kier alpha value is -2.86. The fourth-order valence-corrected chi connectivity index (χ4v) is 7.28. The van der Waals surface area contributed by atoms with Gasteiger partial charge < -0.3 is 15.1 Å². The van der Waals surface area contributed by atoms with Crippen LogP contribution in [0.25, 0.3) is 0 Å². The van der Waals surface area contributed by atoms with E-state index in [1.54, 1.807) is 6.92 Å². The summed E-state index contributed by atoms with van der Waals surface area (Å²) < 4.78 is 0. The highest BCUT2D eigenvalue weighted by Crippen LogP contribution is 2.41. The van der Waals surface area contributed by atoms with Gasteiger partial charge >= 0.3 is 0 Å². The van der Waals surface area contributed by atoms with Crippen LogP contribution in [0.5, 0.6) is 0 Å². The summed E-state index contributed by atoms with van der Waals surface area (Å²) in [6, 6.07) is 26.2. The fraction of sp³-hybridized carbons (Fsp3) is 0.429. The molecule has 2 aliphatic rings. The van der Waals surface area contributed by atoms with Crippen molar-refractivity contribution in [3.05, 3.63) is 106 Å². The van der Waals surface area contributed by atoms with Crippen LogP contribution in [0, 0.1) is 0 Å². The van der Waals surface area contributed by atoms with Crippen molar-refractivity contribution in [3.8, 4) is 0 Å². The third-order valence-electron chi connectivity index (χ3n) is 9.42. The molecule has 0 spiro atoms. The molecule has 0 radical (unpaired) electrons. The van der Waals surface area contributed by atoms with Gasteiger partial charge in [-0.3, -0.25) is 9.59 Å². The molecule has 42 heavy (non-hydrogen) atoms. The van der Waals surface area contributed by atoms with Crippen LogP contribution >= 0.6 is 23.2 Å². The zero-order valence-electron chi connectivity index (χ0n) is 24.5. The summed E-state index contributed by atoms with van der Waals surface area (Å²) in [5, 5.41) is 4.22. The second kappa shape index (κ2) is 13.6. The number of piperidine rings is 2. The number of likely N-dealkylation sites (tertiary alicyclic amines) is 2. The topological polar surface area (TPSA) is 52.7 Å². The smallest absolute Gasteiger partial charge is 0.253 e. The molecular formula is C35H41Cl2N3O2. The van der Waals surface area contributed by atoms with Crippen molar-refractivity contribution >= 4 is 35.0 Å². The van der Waals surface area contributed by atoms with Gasteiger partial charge in [0.15, 0.2) is 0 Å². The Kier molecular flexibility index (Phi) is 9.92. The number of rotatable bonds is 9. The van der Waals surface area contributed by atoms with Gasteiger partial charge in [-0.1, -0.05) is 77.8 Å². The highest BCUT2D eigenvalue weighted by Gasteiger charge is 2.40. The van der Waals surface area contributed by atoms with E-state index in [2.05, 4.69) is 40.5 Å². The molecule has 2 fully saturated rings. The van der Waals surface area contributed by atoms with Gasteiger partial charge in [0, 0.05) is 43.0 Å². The van der Waals surface area contributed by atoms with Gasteiger partial charge in [0.25, 0.3) is 5.91 Å². The maximum atomic E-state index is 13.5. The number of hydrogen-bond acceptors (Lipinski definition) is 3. The van der Waals surface area contributed by atoms with E-state index < -0.39 is 0 Å². The molecule has 2 heterocycles. The number of nitrogens with zero attached hydrogens (tertiary/aromatic N) is 2. The van der Waals surface area contributed by atoms with E-state index in [0.29, 0.717) is 23.1 Å². The van der Waals surface area contributed by atoms with Crippen LogP contribution in [0.3, 0.4) is 0 Å². The lowest BCUT2D eigenvalue weighted by atomic mass is 9.70. The minimum Gasteiger partial charge on any atom is -0.355 e. The lowest BCUT2D eigenvalue weighted by molar-refractivity contribution is -0.119. The zero-order chi connectivity index (χ0) is 29.6. The predicted octanol–water partition coefficient (Wildman–Crippen LogP) is 7.12. The number of amides is 2. The van der Waals surface area contributed by atoms with Crippen LogP contribution in [-0.2, 0) is 15.6 Å². The van der Waals surface area contributed by atoms with Gasteiger partial charge in [0.2, 0.25) is 5.91 Å². The van der Waals surface area contributed by atoms with Crippen LogP contribution in [-0.4, -0.2) is 60.9 Å². The Labute approximate surface area is 260 Å². The van der Waals surface area contributed by atoms with Crippen molar-refractivity contribution < 1.29 is 9.59 Å². The second-order valence-corrected chi connectivity index (χ2v) is 12.9. The van der Waals surface area contributed by atoms with Gasteiger partial charge in [-0.25, -0.2) is 0 Å². The van der Waals surface area contributed by atoms with Crippen LogP contribution < -0.4 is 5.32 Å². The van der Waals surface area contributed by atoms with E-state index in [0.717, 1.165) is 70.3 Å². The van der Waals surface area contributed by atoms with Crippen molar-refractivity contribution in [1.82, 2.24) is 15.1 Å². The van der Waals surface area contributed by atoms with Gasteiger partial charge in [0.1, 0.15) is 0 Å². The number of hydrogen-bond donors (Lipinski definition) is 1. The first-order chi connectivity index (χ1) is 20.3. The lowest BCUT2D eigenvalue weighted by Crippen LogP contribution is -2.50. The second-order valence-electron chi connectivity index (χ2n) is 12.1. The molecule has 0 aromatic heterocycles. The van der Waals surface area contributed by atoms with E-state index >= 15 is 0 Å². The number of carbonyl (C=O) groups is 2. The first kappa shape index (κ1) is 30.6. The van der Waals surface area contributed by atoms with Gasteiger partial charge in [-0.05, 0) is 93.6 Å². The molecule has 1 unspecified atom stereocenters. The molecule has 2 saturated heterocycles. The van der Waals surface area contributed by atoms with Crippen molar-refractivity contribution in [2.24, 2.45) is 0 Å². The molecule has 0 bridgehead atoms. The summed E-state index contributed by atoms with van der Waals surface area (Å²) in [5.41, 5.74) is 3.00. The first-order valence-corrected chi connectivity index (χ1v) is 15.9. The SMILES string of the molecule is CC(=O)NCC1(c2ccccc2)CCN(CCCC2(c3ccc(Cl)c(Cl)c3)CCCN(C(=O)c3ccccc3)C2)CC1. The third kappa shape index (κ3) is 7.02. The fourth-order valence-electron chi connectivity index (χ4n) is 6.98. The minimum atomic E-state index is -0.175. The molecule has 7 heteroatoms. The summed E-state index contributed by atoms with van der Waals surface area (Å²) in [7, 11) is 0. The Morgan fingerprint density at radius 1 is 0.810 bits per heavy atom. The maximum absolute atomic E-state index is 13.5. The molecule has 222 valence electrons. The largest absolute Gasteiger partial charge is 0.355 e. The molecule has 2 amide bonds. The predicted molar refractivity (Wildman–Crippen MR) is 171 cm³/mol. The zero-order valence-corrected chi connectivity index (χ0v) is 26.0. The summed E-state index contributed by atoms with van der Waals surface area (Å²) in [6.07, 6.45) is 5.97. The first-order valence-electron chi connectivity index (χ1n) is 15.1. The molecular weight excluding hydrogens is 565 g/mol. The van der Waals surface area contributed by atoms with Crippen LogP contribution in [0.2, 0.25) is 10.0 Å². The van der Waals surface area contributed by atoms with Gasteiger partial charge in [0.05, 0.1) is 10.0 Å². The average molecular weight is 607 g/mol. The van der Waals surface area contributed by atoms with Gasteiger partial charge in [-0.2, -0.15) is 0 Å². The molecule has 5 rings (SSSR count). The Morgan fingerprint density at radius 2 is 1.50 bits per heavy atom. The van der Waals surface area contributed by atoms with Crippen molar-refractivity contribution in [1.29, 1.82) is 0 Å². The summed E-state index contributed by atoms with van der Waals surface area (Å²) in [4.78, 5) is 29.9. The summed E-state index contributed by atoms with van der Waals surface area (Å²) in [6.45, 7) is 6.69. The minimum absolute atomic E-state index is 0.0209. The maximum Gasteiger partial charge on any atom is 0.253 e. The molecule has 5 nitrogen and oxygen atoms in total. The van der Waals surface area contributed by atoms with Crippen LogP contribution in [0.4, 0.5) is 0 Å². The van der Waals surface area contributed by atoms with E-state index in [9.17, 15) is 9.59 Å². The molecule has 1 N–H and O–H groups in total. The van der Waals surface area contributed by atoms with E-state index in [-0.39, 0.29) is 22.6 Å². The average Bonchev–Trinajstić information content (AvgIpc) is 3.02. The number of halogens is 2. The Morgan fingerprint density at radius 3 is 2.17 bits per heavy atom. The van der Waals surface area contributed by atoms with E-state index in [1.807, 2.05) is 53.4 Å². The molecule has 0 aliphatic carbocycles. The summed E-state index contributed by atoms with van der Waals surface area (Å²) >= 11 is 12.8. The quantitative estimate of drug-likeness (QED) is 0.282. The standard InChI is InChI=1S/C35H41Cl2N3O2/c1-27(41)38-25-34(29-12-6-3-7-13-29)18-22-39(23-19-34)20-8-16-35(30-14-15-31(36)32(37)24-30)17-9-21-40(26-35)33(42)28-10-4-2-5-11-28/h2-7,10-15,24H,8-9,16-23,25-26H2,1H3,(H,38,41). The van der Waals surface area contributed by atoms with Crippen molar-refractivity contribution in [2.75, 3.05) is 39.3 Å². The third-order valence-corrected chi connectivity index (χ3v) is 10.2. The number of carbonyl (C=O) groups excluding carboxylic acids is 2. The van der Waals surface area contributed by atoms with Crippen LogP contribution in [0.15, 0.2) is 78.9 Å².